The van der Waals surface area contributed by atoms with E-state index in [4.69, 9.17) is 9.72 Å². The monoisotopic (exact) mass is 500 g/mol. The van der Waals surface area contributed by atoms with Gasteiger partial charge in [-0.25, -0.2) is 14.6 Å². The van der Waals surface area contributed by atoms with Gasteiger partial charge in [0, 0.05) is 69.8 Å². The highest BCUT2D eigenvalue weighted by atomic mass is 16.5. The number of hydrogen-bond acceptors (Lipinski definition) is 8. The van der Waals surface area contributed by atoms with Gasteiger partial charge in [0.25, 0.3) is 0 Å². The minimum Gasteiger partial charge on any atom is -0.370 e. The summed E-state index contributed by atoms with van der Waals surface area (Å²) in [6.07, 6.45) is 7.66. The molecule has 2 N–H and O–H groups in total. The summed E-state index contributed by atoms with van der Waals surface area (Å²) in [6, 6.07) is 11.8. The molecule has 192 valence electrons. The Kier molecular flexibility index (Phi) is 7.00. The van der Waals surface area contributed by atoms with Crippen molar-refractivity contribution in [2.45, 2.75) is 45.1 Å². The van der Waals surface area contributed by atoms with Crippen LogP contribution in [0.3, 0.4) is 0 Å². The van der Waals surface area contributed by atoms with Gasteiger partial charge in [0.1, 0.15) is 17.2 Å². The molecule has 5 heterocycles. The van der Waals surface area contributed by atoms with Crippen LogP contribution in [0.2, 0.25) is 0 Å². The van der Waals surface area contributed by atoms with Gasteiger partial charge in [-0.15, -0.1) is 0 Å². The zero-order valence-electron chi connectivity index (χ0n) is 21.4. The van der Waals surface area contributed by atoms with Crippen LogP contribution in [0.15, 0.2) is 55.0 Å². The van der Waals surface area contributed by atoms with E-state index < -0.39 is 5.60 Å². The predicted octanol–water partition coefficient (Wildman–Crippen LogP) is 3.93. The first-order valence-electron chi connectivity index (χ1n) is 12.5. The fourth-order valence-corrected chi connectivity index (χ4v) is 4.77. The number of Topliss-reactive ketones (excluding diaryl/α,β-unsaturated/α-hetero) is 1. The van der Waals surface area contributed by atoms with E-state index >= 15 is 0 Å². The molecule has 1 aliphatic rings. The highest BCUT2D eigenvalue weighted by Gasteiger charge is 2.41. The molecule has 1 fully saturated rings. The zero-order chi connectivity index (χ0) is 25.8. The maximum Gasteiger partial charge on any atom is 0.165 e. The Labute approximate surface area is 216 Å². The minimum atomic E-state index is -0.767. The number of nitrogens with one attached hydrogen (secondary N) is 2. The van der Waals surface area contributed by atoms with E-state index in [9.17, 15) is 4.79 Å². The summed E-state index contributed by atoms with van der Waals surface area (Å²) >= 11 is 0. The van der Waals surface area contributed by atoms with Crippen LogP contribution < -0.4 is 10.2 Å². The van der Waals surface area contributed by atoms with Gasteiger partial charge in [0.15, 0.2) is 17.4 Å². The lowest BCUT2D eigenvalue weighted by Gasteiger charge is -2.40. The Hall–Kier alpha value is -4.05. The number of aryl methyl sites for hydroxylation is 3. The van der Waals surface area contributed by atoms with Gasteiger partial charge in [-0.3, -0.25) is 9.89 Å². The molecule has 0 aromatic carbocycles. The lowest BCUT2D eigenvalue weighted by Crippen LogP contribution is -2.51. The average molecular weight is 501 g/mol. The number of ether oxygens (including phenoxy) is 1. The standard InChI is InChI=1S/C27H32N8O2/c1-19-15-23(30-24-17-20(2)32-33-24)31-26(16-19)34-13-9-27(37-3,10-14-34)22(36)7-5-21-6-8-25(28-18-21)35-12-4-11-29-35/h4,6,8,11-12,15-18H,5,7,9-10,13-14H2,1-3H3,(H2,30,31,32,33). The number of rotatable bonds is 9. The number of hydrogen-bond donors (Lipinski definition) is 2. The zero-order valence-corrected chi connectivity index (χ0v) is 21.4. The van der Waals surface area contributed by atoms with Crippen molar-refractivity contribution in [3.8, 4) is 5.82 Å². The van der Waals surface area contributed by atoms with Crippen LogP contribution >= 0.6 is 0 Å². The number of carbonyl (C=O) groups excluding carboxylic acids is 1. The van der Waals surface area contributed by atoms with Gasteiger partial charge in [-0.1, -0.05) is 6.07 Å². The third kappa shape index (κ3) is 5.54. The highest BCUT2D eigenvalue weighted by Crippen LogP contribution is 2.31. The van der Waals surface area contributed by atoms with Crippen molar-refractivity contribution in [3.05, 3.63) is 71.8 Å². The van der Waals surface area contributed by atoms with Gasteiger partial charge in [0.05, 0.1) is 0 Å². The predicted molar refractivity (Wildman–Crippen MR) is 141 cm³/mol. The van der Waals surface area contributed by atoms with E-state index in [-0.39, 0.29) is 5.78 Å². The number of methoxy groups -OCH3 is 1. The number of H-pyrrole nitrogens is 1. The van der Waals surface area contributed by atoms with Crippen molar-refractivity contribution in [3.63, 3.8) is 0 Å². The number of aromatic nitrogens is 6. The molecule has 0 spiro atoms. The average Bonchev–Trinajstić information content (AvgIpc) is 3.59. The SMILES string of the molecule is COC1(C(=O)CCc2ccc(-n3cccn3)nc2)CCN(c2cc(C)cc(Nc3cc(C)[nH]n3)n2)CC1. The van der Waals surface area contributed by atoms with E-state index in [0.29, 0.717) is 38.8 Å². The van der Waals surface area contributed by atoms with Crippen LogP contribution in [0.1, 0.15) is 36.1 Å². The first kappa shape index (κ1) is 24.6. The van der Waals surface area contributed by atoms with E-state index in [0.717, 1.165) is 40.1 Å². The molecule has 10 nitrogen and oxygen atoms in total. The first-order valence-corrected chi connectivity index (χ1v) is 12.5. The molecule has 0 bridgehead atoms. The maximum absolute atomic E-state index is 13.3. The van der Waals surface area contributed by atoms with Gasteiger partial charge in [0.2, 0.25) is 0 Å². The molecule has 0 unspecified atom stereocenters. The van der Waals surface area contributed by atoms with E-state index in [1.165, 1.54) is 0 Å². The summed E-state index contributed by atoms with van der Waals surface area (Å²) in [6.45, 7) is 5.39. The van der Waals surface area contributed by atoms with Crippen molar-refractivity contribution in [1.29, 1.82) is 0 Å². The Bertz CT molecular complexity index is 1340. The van der Waals surface area contributed by atoms with Crippen molar-refractivity contribution < 1.29 is 9.53 Å². The van der Waals surface area contributed by atoms with E-state index in [1.54, 1.807) is 18.0 Å². The molecule has 4 aromatic rings. The third-order valence-electron chi connectivity index (χ3n) is 6.90. The molecule has 4 aromatic heterocycles. The Morgan fingerprint density at radius 1 is 1.14 bits per heavy atom. The van der Waals surface area contributed by atoms with E-state index in [1.807, 2.05) is 49.6 Å². The summed E-state index contributed by atoms with van der Waals surface area (Å²) in [5.74, 6) is 3.25. The molecule has 0 amide bonds. The first-order chi connectivity index (χ1) is 17.9. The normalized spacial score (nSPS) is 15.1. The number of aromatic amines is 1. The van der Waals surface area contributed by atoms with Crippen LogP contribution in [0, 0.1) is 13.8 Å². The van der Waals surface area contributed by atoms with E-state index in [2.05, 4.69) is 43.5 Å². The molecule has 0 saturated carbocycles. The fraction of sp³-hybridized carbons (Fsp3) is 0.370. The van der Waals surface area contributed by atoms with Crippen LogP contribution in [-0.2, 0) is 16.0 Å². The third-order valence-corrected chi connectivity index (χ3v) is 6.90. The number of pyridine rings is 2. The number of nitrogens with zero attached hydrogens (tertiary/aromatic N) is 6. The van der Waals surface area contributed by atoms with Crippen molar-refractivity contribution in [1.82, 2.24) is 29.9 Å². The van der Waals surface area contributed by atoms with Crippen LogP contribution in [0.25, 0.3) is 5.82 Å². The van der Waals surface area contributed by atoms with Crippen LogP contribution in [0.5, 0.6) is 0 Å². The molecule has 10 heteroatoms. The molecule has 37 heavy (non-hydrogen) atoms. The number of carbonyl (C=O) groups is 1. The summed E-state index contributed by atoms with van der Waals surface area (Å²) in [5, 5.41) is 14.6. The number of ketones is 1. The molecule has 1 aliphatic heterocycles. The minimum absolute atomic E-state index is 0.138. The molecule has 0 radical (unpaired) electrons. The number of piperidine rings is 1. The summed E-state index contributed by atoms with van der Waals surface area (Å²) in [5.41, 5.74) is 2.33. The molecule has 0 aliphatic carbocycles. The van der Waals surface area contributed by atoms with Gasteiger partial charge >= 0.3 is 0 Å². The molecular weight excluding hydrogens is 468 g/mol. The quantitative estimate of drug-likeness (QED) is 0.355. The second kappa shape index (κ2) is 10.5. The van der Waals surface area contributed by atoms with Crippen molar-refractivity contribution in [2.24, 2.45) is 0 Å². The lowest BCUT2D eigenvalue weighted by molar-refractivity contribution is -0.143. The second-order valence-electron chi connectivity index (χ2n) is 9.53. The van der Waals surface area contributed by atoms with Crippen LogP contribution in [0.4, 0.5) is 17.5 Å². The summed E-state index contributed by atoms with van der Waals surface area (Å²) in [7, 11) is 1.65. The maximum atomic E-state index is 13.3. The summed E-state index contributed by atoms with van der Waals surface area (Å²) < 4.78 is 7.57. The Morgan fingerprint density at radius 2 is 1.97 bits per heavy atom. The van der Waals surface area contributed by atoms with Gasteiger partial charge in [-0.2, -0.15) is 10.2 Å². The second-order valence-corrected chi connectivity index (χ2v) is 9.53. The molecule has 5 rings (SSSR count). The Morgan fingerprint density at radius 3 is 2.62 bits per heavy atom. The van der Waals surface area contributed by atoms with Gasteiger partial charge in [-0.05, 0) is 55.7 Å². The van der Waals surface area contributed by atoms with Gasteiger partial charge < -0.3 is 15.0 Å². The molecule has 1 saturated heterocycles. The molecular formula is C27H32N8O2. The lowest BCUT2D eigenvalue weighted by atomic mass is 9.84. The molecule has 0 atom stereocenters. The highest BCUT2D eigenvalue weighted by molar-refractivity contribution is 5.88. The number of anilines is 3. The van der Waals surface area contributed by atoms with Crippen molar-refractivity contribution >= 4 is 23.2 Å². The largest absolute Gasteiger partial charge is 0.370 e. The topological polar surface area (TPSA) is 114 Å². The smallest absolute Gasteiger partial charge is 0.165 e. The summed E-state index contributed by atoms with van der Waals surface area (Å²) in [4.78, 5) is 24.8. The Balaban J connectivity index is 1.20. The van der Waals surface area contributed by atoms with Crippen LogP contribution in [-0.4, -0.2) is 61.5 Å². The fourth-order valence-electron chi connectivity index (χ4n) is 4.77. The van der Waals surface area contributed by atoms with Crippen molar-refractivity contribution in [2.75, 3.05) is 30.4 Å².